The molecule has 0 aliphatic carbocycles. The van der Waals surface area contributed by atoms with Gasteiger partial charge in [-0.25, -0.2) is 10.4 Å². The topological polar surface area (TPSA) is 94.6 Å². The first kappa shape index (κ1) is 22.0. The van der Waals surface area contributed by atoms with Crippen LogP contribution in [0.2, 0.25) is 0 Å². The summed E-state index contributed by atoms with van der Waals surface area (Å²) in [4.78, 5) is 14.9. The van der Waals surface area contributed by atoms with E-state index in [4.69, 9.17) is 4.74 Å². The molecule has 10 heteroatoms. The summed E-state index contributed by atoms with van der Waals surface area (Å²) >= 11 is 7.06. The Labute approximate surface area is 200 Å². The van der Waals surface area contributed by atoms with Gasteiger partial charge in [0.1, 0.15) is 12.4 Å². The number of non-ortho nitro benzene ring substituents is 1. The number of anilines is 1. The van der Waals surface area contributed by atoms with Gasteiger partial charge in [-0.1, -0.05) is 12.1 Å². The number of benzene rings is 3. The van der Waals surface area contributed by atoms with Gasteiger partial charge in [0.25, 0.3) is 5.69 Å². The van der Waals surface area contributed by atoms with Crippen LogP contribution in [0.4, 0.5) is 11.6 Å². The van der Waals surface area contributed by atoms with E-state index in [2.05, 4.69) is 47.4 Å². The van der Waals surface area contributed by atoms with Gasteiger partial charge in [0.2, 0.25) is 5.95 Å². The lowest BCUT2D eigenvalue weighted by Crippen LogP contribution is -2.00. The molecule has 0 bridgehead atoms. The predicted molar refractivity (Wildman–Crippen MR) is 131 cm³/mol. The van der Waals surface area contributed by atoms with Crippen LogP contribution in [0.15, 0.2) is 74.7 Å². The van der Waals surface area contributed by atoms with Crippen LogP contribution in [0.5, 0.6) is 5.75 Å². The van der Waals surface area contributed by atoms with Crippen LogP contribution < -0.4 is 10.2 Å². The lowest BCUT2D eigenvalue weighted by molar-refractivity contribution is -0.384. The van der Waals surface area contributed by atoms with Crippen molar-refractivity contribution in [3.63, 3.8) is 0 Å². The maximum absolute atomic E-state index is 10.8. The first-order valence-corrected chi connectivity index (χ1v) is 11.1. The van der Waals surface area contributed by atoms with Gasteiger partial charge < -0.3 is 9.30 Å². The minimum Gasteiger partial charge on any atom is -0.487 e. The number of para-hydroxylation sites is 2. The molecule has 0 aliphatic heterocycles. The van der Waals surface area contributed by atoms with Gasteiger partial charge in [-0.2, -0.15) is 5.10 Å². The van der Waals surface area contributed by atoms with Crippen LogP contribution in [-0.2, 0) is 13.7 Å². The monoisotopic (exact) mass is 557 g/mol. The van der Waals surface area contributed by atoms with E-state index in [9.17, 15) is 10.1 Å². The molecule has 4 rings (SSSR count). The van der Waals surface area contributed by atoms with Crippen molar-refractivity contribution < 1.29 is 9.66 Å². The van der Waals surface area contributed by atoms with Crippen LogP contribution in [0, 0.1) is 10.1 Å². The number of hydrazone groups is 1. The maximum Gasteiger partial charge on any atom is 0.269 e. The van der Waals surface area contributed by atoms with Crippen molar-refractivity contribution in [1.29, 1.82) is 0 Å². The van der Waals surface area contributed by atoms with E-state index in [1.165, 1.54) is 12.1 Å². The highest BCUT2D eigenvalue weighted by Gasteiger charge is 2.10. The van der Waals surface area contributed by atoms with Crippen molar-refractivity contribution >= 4 is 60.7 Å². The highest BCUT2D eigenvalue weighted by atomic mass is 79.9. The van der Waals surface area contributed by atoms with Crippen LogP contribution >= 0.6 is 31.9 Å². The number of fused-ring (bicyclic) bond motifs is 1. The van der Waals surface area contributed by atoms with Crippen molar-refractivity contribution in [3.05, 3.63) is 90.9 Å². The Balaban J connectivity index is 1.43. The third kappa shape index (κ3) is 4.81. The molecule has 8 nitrogen and oxygen atoms in total. The smallest absolute Gasteiger partial charge is 0.269 e. The van der Waals surface area contributed by atoms with Gasteiger partial charge in [0, 0.05) is 19.2 Å². The fraction of sp³-hybridized carbons (Fsp3) is 0.0909. The standard InChI is InChI=1S/C22H17Br2N5O3/c1-28-20-5-3-2-4-19(20)26-22(28)27-25-12-15-10-17(23)21(18(24)11-15)32-13-14-6-8-16(9-7-14)29(30)31/h2-12H,13H2,1H3,(H,26,27)/b25-12-. The van der Waals surface area contributed by atoms with Gasteiger partial charge in [-0.15, -0.1) is 0 Å². The normalized spacial score (nSPS) is 11.2. The zero-order chi connectivity index (χ0) is 22.7. The molecular formula is C22H17Br2N5O3. The molecule has 1 N–H and O–H groups in total. The molecular weight excluding hydrogens is 542 g/mol. The highest BCUT2D eigenvalue weighted by molar-refractivity contribution is 9.11. The van der Waals surface area contributed by atoms with Crippen molar-refractivity contribution in [3.8, 4) is 5.75 Å². The Morgan fingerprint density at radius 1 is 1.16 bits per heavy atom. The molecule has 0 saturated carbocycles. The number of rotatable bonds is 7. The second-order valence-corrected chi connectivity index (χ2v) is 8.59. The molecule has 1 aromatic heterocycles. The number of imidazole rings is 1. The fourth-order valence-corrected chi connectivity index (χ4v) is 4.52. The number of nitrogens with one attached hydrogen (secondary N) is 1. The van der Waals surface area contributed by atoms with Crippen LogP contribution in [0.1, 0.15) is 11.1 Å². The molecule has 0 aliphatic rings. The van der Waals surface area contributed by atoms with Crippen LogP contribution in [-0.4, -0.2) is 20.7 Å². The van der Waals surface area contributed by atoms with E-state index < -0.39 is 4.92 Å². The van der Waals surface area contributed by atoms with E-state index in [0.717, 1.165) is 31.1 Å². The van der Waals surface area contributed by atoms with E-state index >= 15 is 0 Å². The van der Waals surface area contributed by atoms with E-state index in [1.807, 2.05) is 48.0 Å². The largest absolute Gasteiger partial charge is 0.487 e. The van der Waals surface area contributed by atoms with Crippen molar-refractivity contribution in [2.45, 2.75) is 6.61 Å². The van der Waals surface area contributed by atoms with E-state index in [-0.39, 0.29) is 12.3 Å². The maximum atomic E-state index is 10.8. The number of nitro benzene ring substituents is 1. The average Bonchev–Trinajstić information content (AvgIpc) is 3.09. The summed E-state index contributed by atoms with van der Waals surface area (Å²) in [6.07, 6.45) is 1.69. The second-order valence-electron chi connectivity index (χ2n) is 6.88. The molecule has 0 amide bonds. The highest BCUT2D eigenvalue weighted by Crippen LogP contribution is 2.35. The Morgan fingerprint density at radius 3 is 2.50 bits per heavy atom. The summed E-state index contributed by atoms with van der Waals surface area (Å²) in [6, 6.07) is 17.9. The molecule has 0 fully saturated rings. The molecule has 3 aromatic carbocycles. The minimum atomic E-state index is -0.427. The first-order valence-electron chi connectivity index (χ1n) is 9.48. The fourth-order valence-electron chi connectivity index (χ4n) is 3.07. The lowest BCUT2D eigenvalue weighted by Gasteiger charge is -2.11. The summed E-state index contributed by atoms with van der Waals surface area (Å²) < 4.78 is 9.33. The minimum absolute atomic E-state index is 0.0481. The van der Waals surface area contributed by atoms with Gasteiger partial charge in [-0.3, -0.25) is 10.1 Å². The Bertz CT molecular complexity index is 1300. The quantitative estimate of drug-likeness (QED) is 0.170. The van der Waals surface area contributed by atoms with Gasteiger partial charge >= 0.3 is 0 Å². The summed E-state index contributed by atoms with van der Waals surface area (Å²) in [5.41, 5.74) is 6.61. The Morgan fingerprint density at radius 2 is 1.84 bits per heavy atom. The third-order valence-electron chi connectivity index (χ3n) is 4.72. The summed E-state index contributed by atoms with van der Waals surface area (Å²) in [5.74, 6) is 1.27. The Kier molecular flexibility index (Phi) is 6.52. The number of ether oxygens (including phenoxy) is 1. The van der Waals surface area contributed by atoms with Crippen LogP contribution in [0.25, 0.3) is 11.0 Å². The van der Waals surface area contributed by atoms with Gasteiger partial charge in [0.15, 0.2) is 0 Å². The Hall–Kier alpha value is -3.24. The number of hydrogen-bond acceptors (Lipinski definition) is 6. The average molecular weight is 559 g/mol. The number of hydrogen-bond donors (Lipinski definition) is 1. The van der Waals surface area contributed by atoms with Crippen molar-refractivity contribution in [1.82, 2.24) is 9.55 Å². The predicted octanol–water partition coefficient (Wildman–Crippen LogP) is 6.03. The zero-order valence-corrected chi connectivity index (χ0v) is 20.0. The second kappa shape index (κ2) is 9.49. The van der Waals surface area contributed by atoms with Crippen LogP contribution in [0.3, 0.4) is 0 Å². The van der Waals surface area contributed by atoms with E-state index in [1.54, 1.807) is 18.3 Å². The molecule has 1 heterocycles. The number of halogens is 2. The SMILES string of the molecule is Cn1c(N/N=C\c2cc(Br)c(OCc3ccc([N+](=O)[O-])cc3)c(Br)c2)nc2ccccc21. The third-order valence-corrected chi connectivity index (χ3v) is 5.89. The molecule has 0 unspecified atom stereocenters. The number of nitrogens with zero attached hydrogens (tertiary/aromatic N) is 4. The molecule has 0 radical (unpaired) electrons. The molecule has 0 saturated heterocycles. The first-order chi connectivity index (χ1) is 15.4. The summed E-state index contributed by atoms with van der Waals surface area (Å²) in [7, 11) is 1.93. The summed E-state index contributed by atoms with van der Waals surface area (Å²) in [5, 5.41) is 15.1. The molecule has 4 aromatic rings. The number of nitro groups is 1. The summed E-state index contributed by atoms with van der Waals surface area (Å²) in [6.45, 7) is 0.275. The van der Waals surface area contributed by atoms with Crippen molar-refractivity contribution in [2.75, 3.05) is 5.43 Å². The molecule has 32 heavy (non-hydrogen) atoms. The molecule has 0 spiro atoms. The van der Waals surface area contributed by atoms with Crippen molar-refractivity contribution in [2.24, 2.45) is 12.1 Å². The molecule has 0 atom stereocenters. The van der Waals surface area contributed by atoms with Gasteiger partial charge in [0.05, 0.1) is 31.1 Å². The number of aryl methyl sites for hydroxylation is 1. The van der Waals surface area contributed by atoms with Gasteiger partial charge in [-0.05, 0) is 79.4 Å². The number of aromatic nitrogens is 2. The molecule has 162 valence electrons. The lowest BCUT2D eigenvalue weighted by atomic mass is 10.2. The zero-order valence-electron chi connectivity index (χ0n) is 16.8. The van der Waals surface area contributed by atoms with E-state index in [0.29, 0.717) is 11.7 Å².